The molecule has 0 spiro atoms. The van der Waals surface area contributed by atoms with Gasteiger partial charge in [-0.1, -0.05) is 37.3 Å². The second-order valence-electron chi connectivity index (χ2n) is 4.37. The molecular formula is C14H22N2OS. The molecule has 0 saturated carbocycles. The molecule has 0 heterocycles. The smallest absolute Gasteiger partial charge is 0.237 e. The van der Waals surface area contributed by atoms with Crippen LogP contribution in [-0.4, -0.2) is 29.5 Å². The van der Waals surface area contributed by atoms with Crippen LogP contribution in [0.25, 0.3) is 0 Å². The zero-order chi connectivity index (χ0) is 13.4. The van der Waals surface area contributed by atoms with Gasteiger partial charge >= 0.3 is 0 Å². The summed E-state index contributed by atoms with van der Waals surface area (Å²) in [6, 6.07) is 9.55. The lowest BCUT2D eigenvalue weighted by Crippen LogP contribution is -2.46. The van der Waals surface area contributed by atoms with E-state index in [1.165, 1.54) is 0 Å². The summed E-state index contributed by atoms with van der Waals surface area (Å²) in [4.78, 5) is 11.9. The molecule has 4 heteroatoms. The SMILES string of the molecule is CCSCC(C)NC(=O)[C@H](N)Cc1ccccc1. The number of thioether (sulfide) groups is 1. The van der Waals surface area contributed by atoms with E-state index >= 15 is 0 Å². The first-order valence-electron chi connectivity index (χ1n) is 6.31. The predicted molar refractivity (Wildman–Crippen MR) is 78.7 cm³/mol. The highest BCUT2D eigenvalue weighted by Crippen LogP contribution is 2.04. The number of benzene rings is 1. The largest absolute Gasteiger partial charge is 0.351 e. The maximum Gasteiger partial charge on any atom is 0.237 e. The van der Waals surface area contributed by atoms with Crippen LogP contribution in [0.3, 0.4) is 0 Å². The van der Waals surface area contributed by atoms with Crippen LogP contribution in [0, 0.1) is 0 Å². The van der Waals surface area contributed by atoms with Gasteiger partial charge in [0.15, 0.2) is 0 Å². The fourth-order valence-electron chi connectivity index (χ4n) is 1.65. The van der Waals surface area contributed by atoms with Gasteiger partial charge in [0.05, 0.1) is 6.04 Å². The van der Waals surface area contributed by atoms with Gasteiger partial charge in [-0.05, 0) is 24.7 Å². The van der Waals surface area contributed by atoms with E-state index in [1.54, 1.807) is 0 Å². The first-order chi connectivity index (χ1) is 8.63. The van der Waals surface area contributed by atoms with Crippen molar-refractivity contribution in [2.24, 2.45) is 5.73 Å². The van der Waals surface area contributed by atoms with Crippen LogP contribution >= 0.6 is 11.8 Å². The van der Waals surface area contributed by atoms with E-state index in [9.17, 15) is 4.79 Å². The van der Waals surface area contributed by atoms with Crippen LogP contribution in [-0.2, 0) is 11.2 Å². The minimum absolute atomic E-state index is 0.0666. The van der Waals surface area contributed by atoms with E-state index in [4.69, 9.17) is 5.73 Å². The third kappa shape index (κ3) is 5.56. The Morgan fingerprint density at radius 3 is 2.67 bits per heavy atom. The fourth-order valence-corrected chi connectivity index (χ4v) is 2.32. The normalized spacial score (nSPS) is 13.9. The lowest BCUT2D eigenvalue weighted by atomic mass is 10.1. The minimum atomic E-state index is -0.471. The van der Waals surface area contributed by atoms with E-state index in [2.05, 4.69) is 12.2 Å². The van der Waals surface area contributed by atoms with Gasteiger partial charge in [0.1, 0.15) is 0 Å². The van der Waals surface area contributed by atoms with Gasteiger partial charge in [0, 0.05) is 11.8 Å². The lowest BCUT2D eigenvalue weighted by Gasteiger charge is -2.17. The summed E-state index contributed by atoms with van der Waals surface area (Å²) in [5.74, 6) is 1.93. The third-order valence-electron chi connectivity index (χ3n) is 2.60. The predicted octanol–water partition coefficient (Wildman–Crippen LogP) is 1.81. The number of carbonyl (C=O) groups is 1. The zero-order valence-electron chi connectivity index (χ0n) is 11.1. The molecule has 1 amide bonds. The monoisotopic (exact) mass is 266 g/mol. The van der Waals surface area contributed by atoms with Crippen LogP contribution < -0.4 is 11.1 Å². The zero-order valence-corrected chi connectivity index (χ0v) is 11.9. The summed E-state index contributed by atoms with van der Waals surface area (Å²) in [7, 11) is 0. The van der Waals surface area contributed by atoms with Crippen molar-refractivity contribution in [2.45, 2.75) is 32.4 Å². The van der Waals surface area contributed by atoms with Crippen LogP contribution in [0.2, 0.25) is 0 Å². The van der Waals surface area contributed by atoms with Crippen LogP contribution in [0.15, 0.2) is 30.3 Å². The number of hydrogen-bond donors (Lipinski definition) is 2. The molecule has 0 bridgehead atoms. The standard InChI is InChI=1S/C14H22N2OS/c1-3-18-10-11(2)16-14(17)13(15)9-12-7-5-4-6-8-12/h4-8,11,13H,3,9-10,15H2,1-2H3,(H,16,17)/t11?,13-/m1/s1. The number of rotatable bonds is 7. The number of nitrogens with one attached hydrogen (secondary N) is 1. The molecule has 3 nitrogen and oxygen atoms in total. The Labute approximate surface area is 114 Å². The maximum atomic E-state index is 11.9. The summed E-state index contributed by atoms with van der Waals surface area (Å²) in [6.07, 6.45) is 0.584. The highest BCUT2D eigenvalue weighted by atomic mass is 32.2. The summed E-state index contributed by atoms with van der Waals surface area (Å²) >= 11 is 1.82. The van der Waals surface area contributed by atoms with Crippen LogP contribution in [0.1, 0.15) is 19.4 Å². The Morgan fingerprint density at radius 1 is 1.39 bits per heavy atom. The first-order valence-corrected chi connectivity index (χ1v) is 7.46. The molecule has 0 aliphatic carbocycles. The van der Waals surface area contributed by atoms with Crippen molar-refractivity contribution in [3.05, 3.63) is 35.9 Å². The molecule has 0 aliphatic heterocycles. The molecule has 0 aliphatic rings. The van der Waals surface area contributed by atoms with Gasteiger partial charge in [0.2, 0.25) is 5.91 Å². The number of carbonyl (C=O) groups excluding carboxylic acids is 1. The summed E-state index contributed by atoms with van der Waals surface area (Å²) < 4.78 is 0. The molecule has 3 N–H and O–H groups in total. The molecule has 1 unspecified atom stereocenters. The Morgan fingerprint density at radius 2 is 2.06 bits per heavy atom. The Balaban J connectivity index is 2.37. The Bertz CT molecular complexity index is 356. The van der Waals surface area contributed by atoms with Gasteiger partial charge in [-0.15, -0.1) is 0 Å². The molecule has 1 aromatic carbocycles. The number of hydrogen-bond acceptors (Lipinski definition) is 3. The van der Waals surface area contributed by atoms with Crippen molar-refractivity contribution in [1.82, 2.24) is 5.32 Å². The molecule has 0 saturated heterocycles. The number of amides is 1. The molecular weight excluding hydrogens is 244 g/mol. The highest BCUT2D eigenvalue weighted by Gasteiger charge is 2.15. The molecule has 0 fully saturated rings. The van der Waals surface area contributed by atoms with Crippen LogP contribution in [0.4, 0.5) is 0 Å². The molecule has 0 radical (unpaired) electrons. The number of nitrogens with two attached hydrogens (primary N) is 1. The van der Waals surface area contributed by atoms with Gasteiger partial charge in [-0.25, -0.2) is 0 Å². The molecule has 2 atom stereocenters. The average molecular weight is 266 g/mol. The summed E-state index contributed by atoms with van der Waals surface area (Å²) in [5, 5.41) is 2.95. The fraction of sp³-hybridized carbons (Fsp3) is 0.500. The van der Waals surface area contributed by atoms with Gasteiger partial charge in [-0.3, -0.25) is 4.79 Å². The van der Waals surface area contributed by atoms with E-state index in [1.807, 2.05) is 49.0 Å². The van der Waals surface area contributed by atoms with Crippen molar-refractivity contribution in [1.29, 1.82) is 0 Å². The van der Waals surface area contributed by atoms with Crippen molar-refractivity contribution >= 4 is 17.7 Å². The van der Waals surface area contributed by atoms with Crippen LogP contribution in [0.5, 0.6) is 0 Å². The molecule has 100 valence electrons. The van der Waals surface area contributed by atoms with Crippen molar-refractivity contribution in [3.63, 3.8) is 0 Å². The molecule has 1 aromatic rings. The van der Waals surface area contributed by atoms with Gasteiger partial charge < -0.3 is 11.1 Å². The van der Waals surface area contributed by atoms with Crippen molar-refractivity contribution in [2.75, 3.05) is 11.5 Å². The van der Waals surface area contributed by atoms with Gasteiger partial charge in [-0.2, -0.15) is 11.8 Å². The third-order valence-corrected chi connectivity index (χ3v) is 3.74. The second-order valence-corrected chi connectivity index (χ2v) is 5.68. The molecule has 18 heavy (non-hydrogen) atoms. The van der Waals surface area contributed by atoms with E-state index in [-0.39, 0.29) is 11.9 Å². The topological polar surface area (TPSA) is 55.1 Å². The highest BCUT2D eigenvalue weighted by molar-refractivity contribution is 7.99. The lowest BCUT2D eigenvalue weighted by molar-refractivity contribution is -0.122. The van der Waals surface area contributed by atoms with E-state index in [0.717, 1.165) is 17.1 Å². The summed E-state index contributed by atoms with van der Waals surface area (Å²) in [5.41, 5.74) is 7.00. The summed E-state index contributed by atoms with van der Waals surface area (Å²) in [6.45, 7) is 4.12. The van der Waals surface area contributed by atoms with E-state index in [0.29, 0.717) is 6.42 Å². The average Bonchev–Trinajstić information content (AvgIpc) is 2.37. The van der Waals surface area contributed by atoms with Gasteiger partial charge in [0.25, 0.3) is 0 Å². The van der Waals surface area contributed by atoms with Crippen molar-refractivity contribution < 1.29 is 4.79 Å². The Kier molecular flexibility index (Phi) is 6.83. The molecule has 1 rings (SSSR count). The van der Waals surface area contributed by atoms with Crippen molar-refractivity contribution in [3.8, 4) is 0 Å². The quantitative estimate of drug-likeness (QED) is 0.791. The minimum Gasteiger partial charge on any atom is -0.351 e. The van der Waals surface area contributed by atoms with E-state index < -0.39 is 6.04 Å². The second kappa shape index (κ2) is 8.16. The maximum absolute atomic E-state index is 11.9. The Hall–Kier alpha value is -1.00. The first kappa shape index (κ1) is 15.1. The molecule has 0 aromatic heterocycles.